The SMILES string of the molecule is COc1ccc(C2c3cccn3CCN2S(=O)(=O)c2ccccc2F)cc1. The lowest BCUT2D eigenvalue weighted by Gasteiger charge is -2.36. The van der Waals surface area contributed by atoms with Crippen LogP contribution in [0.3, 0.4) is 0 Å². The monoisotopic (exact) mass is 386 g/mol. The van der Waals surface area contributed by atoms with E-state index in [1.54, 1.807) is 19.2 Å². The summed E-state index contributed by atoms with van der Waals surface area (Å²) in [7, 11) is -2.43. The Balaban J connectivity index is 1.85. The van der Waals surface area contributed by atoms with Gasteiger partial charge in [-0.2, -0.15) is 4.31 Å². The number of aromatic nitrogens is 1. The molecule has 2 aromatic carbocycles. The molecular formula is C20H19FN2O3S. The maximum Gasteiger partial charge on any atom is 0.246 e. The lowest BCUT2D eigenvalue weighted by atomic mass is 10.0. The van der Waals surface area contributed by atoms with Crippen molar-refractivity contribution in [2.24, 2.45) is 0 Å². The number of sulfonamides is 1. The van der Waals surface area contributed by atoms with Crippen LogP contribution in [0.15, 0.2) is 71.8 Å². The Hall–Kier alpha value is -2.64. The lowest BCUT2D eigenvalue weighted by Crippen LogP contribution is -2.42. The van der Waals surface area contributed by atoms with E-state index in [9.17, 15) is 12.8 Å². The molecule has 140 valence electrons. The molecule has 4 rings (SSSR count). The summed E-state index contributed by atoms with van der Waals surface area (Å²) in [5.41, 5.74) is 1.65. The van der Waals surface area contributed by atoms with Crippen LogP contribution in [0.2, 0.25) is 0 Å². The van der Waals surface area contributed by atoms with Gasteiger partial charge >= 0.3 is 0 Å². The van der Waals surface area contributed by atoms with Crippen LogP contribution in [0.1, 0.15) is 17.3 Å². The number of halogens is 1. The zero-order chi connectivity index (χ0) is 19.0. The molecule has 0 aliphatic carbocycles. The molecule has 1 unspecified atom stereocenters. The van der Waals surface area contributed by atoms with E-state index < -0.39 is 21.9 Å². The van der Waals surface area contributed by atoms with Gasteiger partial charge < -0.3 is 9.30 Å². The minimum atomic E-state index is -4.01. The molecule has 0 saturated carbocycles. The molecule has 2 heterocycles. The molecule has 3 aromatic rings. The van der Waals surface area contributed by atoms with Gasteiger partial charge in [0.05, 0.1) is 13.2 Å². The van der Waals surface area contributed by atoms with Gasteiger partial charge in [0, 0.05) is 25.0 Å². The largest absolute Gasteiger partial charge is 0.497 e. The van der Waals surface area contributed by atoms with E-state index in [-0.39, 0.29) is 11.4 Å². The summed E-state index contributed by atoms with van der Waals surface area (Å²) in [4.78, 5) is -0.302. The molecule has 0 fully saturated rings. The van der Waals surface area contributed by atoms with Gasteiger partial charge in [0.25, 0.3) is 0 Å². The fourth-order valence-corrected chi connectivity index (χ4v) is 5.17. The molecule has 7 heteroatoms. The van der Waals surface area contributed by atoms with E-state index in [0.717, 1.165) is 11.3 Å². The van der Waals surface area contributed by atoms with Crippen molar-refractivity contribution in [1.29, 1.82) is 0 Å². The first kappa shape index (κ1) is 17.8. The lowest BCUT2D eigenvalue weighted by molar-refractivity contribution is 0.297. The quantitative estimate of drug-likeness (QED) is 0.690. The minimum absolute atomic E-state index is 0.259. The minimum Gasteiger partial charge on any atom is -0.497 e. The highest BCUT2D eigenvalue weighted by molar-refractivity contribution is 7.89. The second-order valence-corrected chi connectivity index (χ2v) is 8.21. The molecule has 1 aromatic heterocycles. The van der Waals surface area contributed by atoms with Crippen LogP contribution in [0.25, 0.3) is 0 Å². The third kappa shape index (κ3) is 3.02. The standard InChI is InChI=1S/C20H19FN2O3S/c1-26-16-10-8-15(9-11-16)20-18-6-4-12-22(18)13-14-23(20)27(24,25)19-7-3-2-5-17(19)21/h2-12,20H,13-14H2,1H3. The molecular weight excluding hydrogens is 367 g/mol. The fourth-order valence-electron chi connectivity index (χ4n) is 3.52. The predicted molar refractivity (Wildman–Crippen MR) is 99.6 cm³/mol. The topological polar surface area (TPSA) is 51.5 Å². The van der Waals surface area contributed by atoms with Crippen LogP contribution in [0.5, 0.6) is 5.75 Å². The Bertz CT molecular complexity index is 1060. The highest BCUT2D eigenvalue weighted by Crippen LogP contribution is 2.37. The van der Waals surface area contributed by atoms with Crippen molar-refractivity contribution in [3.05, 3.63) is 83.9 Å². The van der Waals surface area contributed by atoms with Crippen LogP contribution in [-0.2, 0) is 16.6 Å². The summed E-state index contributed by atoms with van der Waals surface area (Å²) >= 11 is 0. The Morgan fingerprint density at radius 2 is 1.74 bits per heavy atom. The number of hydrogen-bond acceptors (Lipinski definition) is 3. The number of methoxy groups -OCH3 is 1. The van der Waals surface area contributed by atoms with E-state index in [1.165, 1.54) is 28.6 Å². The number of benzene rings is 2. The van der Waals surface area contributed by atoms with E-state index in [4.69, 9.17) is 4.74 Å². The molecule has 0 radical (unpaired) electrons. The first-order valence-electron chi connectivity index (χ1n) is 8.58. The molecule has 0 bridgehead atoms. The predicted octanol–water partition coefficient (Wildman–Crippen LogP) is 3.43. The van der Waals surface area contributed by atoms with Crippen LogP contribution in [0, 0.1) is 5.82 Å². The Morgan fingerprint density at radius 3 is 2.44 bits per heavy atom. The normalized spacial score (nSPS) is 17.5. The van der Waals surface area contributed by atoms with Gasteiger partial charge in [-0.15, -0.1) is 0 Å². The van der Waals surface area contributed by atoms with Crippen LogP contribution in [-0.4, -0.2) is 30.9 Å². The highest BCUT2D eigenvalue weighted by atomic mass is 32.2. The summed E-state index contributed by atoms with van der Waals surface area (Å²) in [6, 6.07) is 16.0. The van der Waals surface area contributed by atoms with Crippen molar-refractivity contribution in [2.75, 3.05) is 13.7 Å². The molecule has 0 amide bonds. The molecule has 1 aliphatic heterocycles. The molecule has 0 saturated heterocycles. The third-order valence-electron chi connectivity index (χ3n) is 4.85. The van der Waals surface area contributed by atoms with E-state index in [1.807, 2.05) is 35.0 Å². The molecule has 0 spiro atoms. The number of hydrogen-bond donors (Lipinski definition) is 0. The van der Waals surface area contributed by atoms with Crippen LogP contribution >= 0.6 is 0 Å². The maximum atomic E-state index is 14.3. The van der Waals surface area contributed by atoms with Crippen molar-refractivity contribution in [3.8, 4) is 5.75 Å². The average molecular weight is 386 g/mol. The molecule has 5 nitrogen and oxygen atoms in total. The second-order valence-electron chi connectivity index (χ2n) is 6.35. The van der Waals surface area contributed by atoms with Gasteiger partial charge in [0.2, 0.25) is 10.0 Å². The number of rotatable bonds is 4. The van der Waals surface area contributed by atoms with Gasteiger partial charge in [-0.25, -0.2) is 12.8 Å². The third-order valence-corrected chi connectivity index (χ3v) is 6.75. The van der Waals surface area contributed by atoms with Gasteiger partial charge in [-0.3, -0.25) is 0 Å². The second kappa shape index (κ2) is 6.83. The Kier molecular flexibility index (Phi) is 4.49. The average Bonchev–Trinajstić information content (AvgIpc) is 3.16. The number of nitrogens with zero attached hydrogens (tertiary/aromatic N) is 2. The smallest absolute Gasteiger partial charge is 0.246 e. The molecule has 1 aliphatic rings. The van der Waals surface area contributed by atoms with Gasteiger partial charge in [0.15, 0.2) is 0 Å². The van der Waals surface area contributed by atoms with E-state index >= 15 is 0 Å². The summed E-state index contributed by atoms with van der Waals surface area (Å²) in [5.74, 6) is -0.0552. The first-order valence-corrected chi connectivity index (χ1v) is 10.0. The Morgan fingerprint density at radius 1 is 1.00 bits per heavy atom. The van der Waals surface area contributed by atoms with Gasteiger partial charge in [-0.05, 0) is 42.0 Å². The van der Waals surface area contributed by atoms with Crippen molar-refractivity contribution in [1.82, 2.24) is 8.87 Å². The van der Waals surface area contributed by atoms with Crippen molar-refractivity contribution < 1.29 is 17.5 Å². The summed E-state index contributed by atoms with van der Waals surface area (Å²) < 4.78 is 49.5. The van der Waals surface area contributed by atoms with Crippen molar-refractivity contribution in [3.63, 3.8) is 0 Å². The van der Waals surface area contributed by atoms with Crippen molar-refractivity contribution >= 4 is 10.0 Å². The zero-order valence-electron chi connectivity index (χ0n) is 14.7. The molecule has 27 heavy (non-hydrogen) atoms. The van der Waals surface area contributed by atoms with Crippen LogP contribution < -0.4 is 4.74 Å². The summed E-state index contributed by atoms with van der Waals surface area (Å²) in [5, 5.41) is 0. The molecule has 0 N–H and O–H groups in total. The fraction of sp³-hybridized carbons (Fsp3) is 0.200. The highest BCUT2D eigenvalue weighted by Gasteiger charge is 2.38. The number of ether oxygens (including phenoxy) is 1. The maximum absolute atomic E-state index is 14.3. The zero-order valence-corrected chi connectivity index (χ0v) is 15.6. The first-order chi connectivity index (χ1) is 13.0. The Labute approximate surface area is 157 Å². The van der Waals surface area contributed by atoms with Crippen LogP contribution in [0.4, 0.5) is 4.39 Å². The van der Waals surface area contributed by atoms with E-state index in [2.05, 4.69) is 0 Å². The summed E-state index contributed by atoms with van der Waals surface area (Å²) in [6.07, 6.45) is 1.93. The van der Waals surface area contributed by atoms with Gasteiger partial charge in [-0.1, -0.05) is 24.3 Å². The molecule has 1 atom stereocenters. The summed E-state index contributed by atoms with van der Waals surface area (Å²) in [6.45, 7) is 0.776. The van der Waals surface area contributed by atoms with Gasteiger partial charge in [0.1, 0.15) is 16.5 Å². The number of fused-ring (bicyclic) bond motifs is 1. The van der Waals surface area contributed by atoms with Crippen molar-refractivity contribution in [2.45, 2.75) is 17.5 Å². The van der Waals surface area contributed by atoms with E-state index in [0.29, 0.717) is 12.3 Å².